The van der Waals surface area contributed by atoms with Gasteiger partial charge >= 0.3 is 5.91 Å². The highest BCUT2D eigenvalue weighted by Crippen LogP contribution is 2.19. The molecule has 0 spiro atoms. The molecule has 7 N–H and O–H groups in total. The number of quaternary nitrogens is 1. The molecule has 0 bridgehead atoms. The average Bonchev–Trinajstić information content (AvgIpc) is 2.87. The fraction of sp³-hybridized carbons (Fsp3) is 0.333. The Labute approximate surface area is 205 Å². The Morgan fingerprint density at radius 3 is 2.51 bits per heavy atom. The summed E-state index contributed by atoms with van der Waals surface area (Å²) in [6.07, 6.45) is 4.00. The highest BCUT2D eigenvalue weighted by atomic mass is 16.5. The van der Waals surface area contributed by atoms with E-state index in [1.54, 1.807) is 25.4 Å². The zero-order chi connectivity index (χ0) is 25.8. The largest absolute Gasteiger partial charge is 0.481 e. The van der Waals surface area contributed by atoms with Crippen LogP contribution in [0.25, 0.3) is 0 Å². The molecule has 1 heterocycles. The number of nitrogens with two attached hydrogens (primary N) is 1. The number of nitrogens with one attached hydrogen (secondary N) is 2. The number of pyridine rings is 1. The Hall–Kier alpha value is -3.96. The van der Waals surface area contributed by atoms with Crippen molar-refractivity contribution in [2.45, 2.75) is 19.4 Å². The molecule has 35 heavy (non-hydrogen) atoms. The molecule has 0 saturated heterocycles. The van der Waals surface area contributed by atoms with E-state index in [2.05, 4.69) is 33.3 Å². The molecule has 2 rings (SSSR count). The van der Waals surface area contributed by atoms with E-state index in [0.717, 1.165) is 12.0 Å². The molecule has 0 aliphatic rings. The highest BCUT2D eigenvalue weighted by molar-refractivity contribution is 5.96. The Morgan fingerprint density at radius 2 is 1.91 bits per heavy atom. The Morgan fingerprint density at radius 1 is 1.20 bits per heavy atom. The number of aromatic nitrogens is 1. The number of ether oxygens (including phenoxy) is 2. The number of carbonyl (C=O) groups is 2. The van der Waals surface area contributed by atoms with Gasteiger partial charge in [-0.1, -0.05) is 31.2 Å². The van der Waals surface area contributed by atoms with Crippen molar-refractivity contribution in [1.82, 2.24) is 20.6 Å². The lowest BCUT2D eigenvalue weighted by molar-refractivity contribution is -0.300. The molecule has 0 fully saturated rings. The van der Waals surface area contributed by atoms with Crippen molar-refractivity contribution in [2.75, 3.05) is 34.4 Å². The predicted molar refractivity (Wildman–Crippen MR) is 133 cm³/mol. The number of amides is 2. The minimum Gasteiger partial charge on any atom is -0.481 e. The summed E-state index contributed by atoms with van der Waals surface area (Å²) in [7, 11) is 4.54. The zero-order valence-electron chi connectivity index (χ0n) is 20.6. The van der Waals surface area contributed by atoms with E-state index in [9.17, 15) is 9.59 Å². The van der Waals surface area contributed by atoms with E-state index in [0.29, 0.717) is 5.88 Å². The maximum absolute atomic E-state index is 12.7. The molecule has 1 aromatic carbocycles. The number of hydrogen-bond acceptors (Lipinski definition) is 8. The van der Waals surface area contributed by atoms with Gasteiger partial charge in [0.1, 0.15) is 5.56 Å². The van der Waals surface area contributed by atoms with Crippen LogP contribution in [0.15, 0.2) is 53.3 Å². The van der Waals surface area contributed by atoms with E-state index in [4.69, 9.17) is 15.3 Å². The molecule has 0 aliphatic heterocycles. The zero-order valence-corrected chi connectivity index (χ0v) is 20.6. The average molecular weight is 485 g/mol. The van der Waals surface area contributed by atoms with E-state index in [1.165, 1.54) is 31.0 Å². The van der Waals surface area contributed by atoms with Crippen LogP contribution in [0, 0.1) is 0 Å². The quantitative estimate of drug-likeness (QED) is 0.145. The van der Waals surface area contributed by atoms with Gasteiger partial charge in [-0.3, -0.25) is 14.6 Å². The molecule has 11 heteroatoms. The second-order valence-corrected chi connectivity index (χ2v) is 7.51. The molecule has 2 aromatic rings. The standard InChI is InChI=1S/C24H33N7O4/c1-5-16-6-8-17(9-7-16)20(14-27-2)29-23(33)19(25)15-31(26)13-12-28-22(32)18-10-11-21(34-3)30-24(18)35-4/h6-11,14-15,20H,5,12-13,25-26H2,1-4H3,(H,28,32)(H,29,33)/p+1/b19-15-,27-14?. The summed E-state index contributed by atoms with van der Waals surface area (Å²) in [6, 6.07) is 10.7. The maximum atomic E-state index is 12.7. The summed E-state index contributed by atoms with van der Waals surface area (Å²) >= 11 is 0. The van der Waals surface area contributed by atoms with Crippen LogP contribution in [0.1, 0.15) is 34.5 Å². The fourth-order valence-electron chi connectivity index (χ4n) is 3.13. The van der Waals surface area contributed by atoms with Crippen LogP contribution in [0.2, 0.25) is 0 Å². The Balaban J connectivity index is 1.93. The van der Waals surface area contributed by atoms with Gasteiger partial charge in [-0.15, -0.1) is 0 Å². The summed E-state index contributed by atoms with van der Waals surface area (Å²) in [5.41, 5.74) is 6.34. The number of aliphatic imine (C=N–C) groups is 1. The van der Waals surface area contributed by atoms with E-state index < -0.39 is 6.04 Å². The fourth-order valence-corrected chi connectivity index (χ4v) is 3.13. The molecule has 1 unspecified atom stereocenters. The summed E-state index contributed by atoms with van der Waals surface area (Å²) in [4.78, 5) is 33.3. The van der Waals surface area contributed by atoms with E-state index in [1.807, 2.05) is 24.3 Å². The molecule has 188 valence electrons. The Kier molecular flexibility index (Phi) is 10.7. The van der Waals surface area contributed by atoms with Gasteiger partial charge in [-0.25, -0.2) is 5.84 Å². The molecule has 0 saturated carbocycles. The summed E-state index contributed by atoms with van der Waals surface area (Å²) in [6.45, 7) is 2.53. The number of hydrazine groups is 1. The van der Waals surface area contributed by atoms with E-state index >= 15 is 0 Å². The van der Waals surface area contributed by atoms with Gasteiger partial charge in [0.05, 0.1) is 33.0 Å². The number of rotatable bonds is 12. The molecule has 0 aliphatic carbocycles. The predicted octanol–water partition coefficient (Wildman–Crippen LogP) is 0.208. The summed E-state index contributed by atoms with van der Waals surface area (Å²) in [5, 5.41) is 6.91. The van der Waals surface area contributed by atoms with Crippen molar-refractivity contribution < 1.29 is 24.8 Å². The number of methoxy groups -OCH3 is 2. The molecule has 0 radical (unpaired) electrons. The van der Waals surface area contributed by atoms with Gasteiger partial charge < -0.3 is 30.8 Å². The minimum atomic E-state index is -0.401. The van der Waals surface area contributed by atoms with Gasteiger partial charge in [-0.05, 0) is 23.6 Å². The summed E-state index contributed by atoms with van der Waals surface area (Å²) in [5.74, 6) is 5.69. The van der Waals surface area contributed by atoms with Crippen molar-refractivity contribution in [3.05, 3.63) is 65.0 Å². The first-order chi connectivity index (χ1) is 16.8. The van der Waals surface area contributed by atoms with Crippen molar-refractivity contribution >= 4 is 18.0 Å². The van der Waals surface area contributed by atoms with Crippen molar-refractivity contribution in [1.29, 1.82) is 0 Å². The molecule has 11 nitrogen and oxygen atoms in total. The second kappa shape index (κ2) is 13.7. The molecule has 1 aromatic heterocycles. The highest BCUT2D eigenvalue weighted by Gasteiger charge is 2.18. The SMILES string of the molecule is CCc1ccc(C(C=NC)NC(=O)/C([NH3+])=C/N(N)CCNC(=O)c2ccc(OC)nc2OC)cc1. The van der Waals surface area contributed by atoms with Crippen molar-refractivity contribution in [3.8, 4) is 11.8 Å². The van der Waals surface area contributed by atoms with Crippen LogP contribution in [0.5, 0.6) is 11.8 Å². The van der Waals surface area contributed by atoms with E-state index in [-0.39, 0.29) is 42.0 Å². The first-order valence-electron chi connectivity index (χ1n) is 11.1. The monoisotopic (exact) mass is 484 g/mol. The number of hydrogen-bond donors (Lipinski definition) is 4. The summed E-state index contributed by atoms with van der Waals surface area (Å²) < 4.78 is 10.2. The first kappa shape index (κ1) is 27.3. The third kappa shape index (κ3) is 8.09. The van der Waals surface area contributed by atoms with Gasteiger partial charge in [0.25, 0.3) is 5.91 Å². The molecular formula is C24H34N7O4+. The molecule has 1 atom stereocenters. The number of aryl methyl sites for hydroxylation is 1. The van der Waals surface area contributed by atoms with Crippen LogP contribution in [0.4, 0.5) is 0 Å². The van der Waals surface area contributed by atoms with Gasteiger partial charge in [0, 0.05) is 25.9 Å². The molecular weight excluding hydrogens is 450 g/mol. The van der Waals surface area contributed by atoms with Crippen LogP contribution in [0.3, 0.4) is 0 Å². The van der Waals surface area contributed by atoms with Crippen molar-refractivity contribution in [2.24, 2.45) is 10.8 Å². The topological polar surface area (TPSA) is 159 Å². The number of carbonyl (C=O) groups excluding carboxylic acids is 2. The second-order valence-electron chi connectivity index (χ2n) is 7.51. The van der Waals surface area contributed by atoms with Gasteiger partial charge in [-0.2, -0.15) is 4.98 Å². The number of nitrogens with zero attached hydrogens (tertiary/aromatic N) is 3. The van der Waals surface area contributed by atoms with Crippen LogP contribution in [-0.2, 0) is 11.2 Å². The molecule has 2 amide bonds. The third-order valence-corrected chi connectivity index (χ3v) is 5.08. The van der Waals surface area contributed by atoms with Crippen molar-refractivity contribution in [3.63, 3.8) is 0 Å². The smallest absolute Gasteiger partial charge is 0.307 e. The third-order valence-electron chi connectivity index (χ3n) is 5.08. The number of benzene rings is 1. The van der Waals surface area contributed by atoms with Crippen LogP contribution in [-0.4, -0.2) is 62.4 Å². The van der Waals surface area contributed by atoms with Gasteiger partial charge in [0.2, 0.25) is 17.5 Å². The lowest BCUT2D eigenvalue weighted by Gasteiger charge is -2.17. The lowest BCUT2D eigenvalue weighted by Crippen LogP contribution is -2.56. The van der Waals surface area contributed by atoms with Crippen LogP contribution >= 0.6 is 0 Å². The van der Waals surface area contributed by atoms with Gasteiger partial charge in [0.15, 0.2) is 0 Å². The Bertz CT molecular complexity index is 1050. The lowest BCUT2D eigenvalue weighted by atomic mass is 10.0. The normalized spacial score (nSPS) is 12.2. The van der Waals surface area contributed by atoms with Crippen LogP contribution < -0.4 is 31.7 Å². The minimum absolute atomic E-state index is 0.151. The first-order valence-corrected chi connectivity index (χ1v) is 11.1. The maximum Gasteiger partial charge on any atom is 0.307 e.